The summed E-state index contributed by atoms with van der Waals surface area (Å²) >= 11 is 11.6. The predicted octanol–water partition coefficient (Wildman–Crippen LogP) is 2.48. The van der Waals surface area contributed by atoms with Gasteiger partial charge in [-0.1, -0.05) is 30.1 Å². The maximum atomic E-state index is 12.5. The molecule has 1 saturated heterocycles. The molecule has 20 heavy (non-hydrogen) atoms. The smallest absolute Gasteiger partial charge is 0.322 e. The van der Waals surface area contributed by atoms with Gasteiger partial charge in [-0.25, -0.2) is 8.42 Å². The summed E-state index contributed by atoms with van der Waals surface area (Å²) in [5.41, 5.74) is 0. The maximum absolute atomic E-state index is 12.5. The Kier molecular flexibility index (Phi) is 4.30. The zero-order valence-corrected chi connectivity index (χ0v) is 12.9. The van der Waals surface area contributed by atoms with Crippen molar-refractivity contribution in [2.24, 2.45) is 5.92 Å². The third kappa shape index (κ3) is 2.79. The van der Waals surface area contributed by atoms with E-state index < -0.39 is 22.0 Å². The number of carboxylic acid groups (broad SMARTS) is 1. The number of aliphatic carboxylic acids is 1. The van der Waals surface area contributed by atoms with Crippen molar-refractivity contribution in [1.82, 2.24) is 4.31 Å². The van der Waals surface area contributed by atoms with Crippen molar-refractivity contribution in [3.63, 3.8) is 0 Å². The molecule has 1 aromatic carbocycles. The number of benzene rings is 1. The zero-order valence-electron chi connectivity index (χ0n) is 10.6. The van der Waals surface area contributed by atoms with Crippen molar-refractivity contribution in [3.05, 3.63) is 28.2 Å². The number of carboxylic acids is 1. The van der Waals surface area contributed by atoms with Gasteiger partial charge in [0.2, 0.25) is 10.0 Å². The SMILES string of the molecule is CC1CCN(S(=O)(=O)c2cc(Cl)cc(Cl)c2)C1C(=O)O. The van der Waals surface area contributed by atoms with Crippen LogP contribution in [0.1, 0.15) is 13.3 Å². The van der Waals surface area contributed by atoms with Gasteiger partial charge in [0.05, 0.1) is 4.90 Å². The molecule has 0 aliphatic carbocycles. The van der Waals surface area contributed by atoms with E-state index in [-0.39, 0.29) is 27.4 Å². The predicted molar refractivity (Wildman–Crippen MR) is 75.6 cm³/mol. The van der Waals surface area contributed by atoms with Crippen LogP contribution in [0.3, 0.4) is 0 Å². The topological polar surface area (TPSA) is 74.7 Å². The zero-order chi connectivity index (χ0) is 15.1. The molecule has 2 atom stereocenters. The average Bonchev–Trinajstić information content (AvgIpc) is 2.70. The van der Waals surface area contributed by atoms with Gasteiger partial charge in [0.1, 0.15) is 6.04 Å². The second-order valence-corrected chi connectivity index (χ2v) is 7.53. The summed E-state index contributed by atoms with van der Waals surface area (Å²) in [6.45, 7) is 1.89. The van der Waals surface area contributed by atoms with Crippen molar-refractivity contribution in [2.75, 3.05) is 6.54 Å². The Labute approximate surface area is 127 Å². The van der Waals surface area contributed by atoms with Gasteiger partial charge in [0, 0.05) is 16.6 Å². The van der Waals surface area contributed by atoms with Crippen molar-refractivity contribution < 1.29 is 18.3 Å². The standard InChI is InChI=1S/C12H13Cl2NO4S/c1-7-2-3-15(11(7)12(16)17)20(18,19)10-5-8(13)4-9(14)6-10/h4-7,11H,2-3H2,1H3,(H,16,17). The van der Waals surface area contributed by atoms with E-state index in [1.54, 1.807) is 6.92 Å². The fourth-order valence-corrected chi connectivity index (χ4v) is 4.78. The largest absolute Gasteiger partial charge is 0.480 e. The third-order valence-electron chi connectivity index (χ3n) is 3.35. The molecule has 0 saturated carbocycles. The van der Waals surface area contributed by atoms with E-state index in [9.17, 15) is 18.3 Å². The minimum Gasteiger partial charge on any atom is -0.480 e. The minimum absolute atomic E-state index is 0.0876. The molecular formula is C12H13Cl2NO4S. The Morgan fingerprint density at radius 2 is 1.85 bits per heavy atom. The van der Waals surface area contributed by atoms with Crippen LogP contribution in [0, 0.1) is 5.92 Å². The van der Waals surface area contributed by atoms with Crippen molar-refractivity contribution in [2.45, 2.75) is 24.3 Å². The molecule has 0 spiro atoms. The number of halogens is 2. The molecule has 2 rings (SSSR count). The monoisotopic (exact) mass is 337 g/mol. The molecule has 2 unspecified atom stereocenters. The van der Waals surface area contributed by atoms with Crippen LogP contribution in [-0.4, -0.2) is 36.4 Å². The molecule has 0 bridgehead atoms. The molecule has 1 aromatic rings. The fraction of sp³-hybridized carbons (Fsp3) is 0.417. The van der Waals surface area contributed by atoms with Crippen LogP contribution in [-0.2, 0) is 14.8 Å². The Hall–Kier alpha value is -0.820. The first-order valence-electron chi connectivity index (χ1n) is 5.94. The Bertz CT molecular complexity index is 627. The number of sulfonamides is 1. The van der Waals surface area contributed by atoms with Crippen LogP contribution < -0.4 is 0 Å². The first-order valence-corrected chi connectivity index (χ1v) is 8.14. The van der Waals surface area contributed by atoms with Gasteiger partial charge in [-0.05, 0) is 30.5 Å². The highest BCUT2D eigenvalue weighted by atomic mass is 35.5. The summed E-state index contributed by atoms with van der Waals surface area (Å²) < 4.78 is 26.1. The quantitative estimate of drug-likeness (QED) is 0.919. The van der Waals surface area contributed by atoms with E-state index in [2.05, 4.69) is 0 Å². The summed E-state index contributed by atoms with van der Waals surface area (Å²) in [7, 11) is -3.93. The minimum atomic E-state index is -3.93. The summed E-state index contributed by atoms with van der Waals surface area (Å²) in [6, 6.07) is 2.90. The number of carbonyl (C=O) groups is 1. The highest BCUT2D eigenvalue weighted by Gasteiger charge is 2.43. The van der Waals surface area contributed by atoms with Crippen molar-refractivity contribution in [3.8, 4) is 0 Å². The highest BCUT2D eigenvalue weighted by Crippen LogP contribution is 2.32. The van der Waals surface area contributed by atoms with Crippen molar-refractivity contribution in [1.29, 1.82) is 0 Å². The van der Waals surface area contributed by atoms with E-state index in [1.807, 2.05) is 0 Å². The van der Waals surface area contributed by atoms with Gasteiger partial charge in [0.15, 0.2) is 0 Å². The lowest BCUT2D eigenvalue weighted by Crippen LogP contribution is -2.42. The van der Waals surface area contributed by atoms with Gasteiger partial charge in [-0.2, -0.15) is 4.31 Å². The summed E-state index contributed by atoms with van der Waals surface area (Å²) in [6.07, 6.45) is 0.504. The lowest BCUT2D eigenvalue weighted by atomic mass is 10.0. The van der Waals surface area contributed by atoms with Crippen LogP contribution >= 0.6 is 23.2 Å². The van der Waals surface area contributed by atoms with Crippen LogP contribution in [0.4, 0.5) is 0 Å². The summed E-state index contributed by atoms with van der Waals surface area (Å²) in [5, 5.41) is 9.60. The maximum Gasteiger partial charge on any atom is 0.322 e. The summed E-state index contributed by atoms with van der Waals surface area (Å²) in [4.78, 5) is 11.2. The molecule has 0 aromatic heterocycles. The lowest BCUT2D eigenvalue weighted by Gasteiger charge is -2.23. The molecule has 8 heteroatoms. The van der Waals surface area contributed by atoms with E-state index in [4.69, 9.17) is 23.2 Å². The van der Waals surface area contributed by atoms with Crippen LogP contribution in [0.2, 0.25) is 10.0 Å². The molecule has 1 aliphatic heterocycles. The van der Waals surface area contributed by atoms with Gasteiger partial charge in [-0.3, -0.25) is 4.79 Å². The average molecular weight is 338 g/mol. The Balaban J connectivity index is 2.47. The van der Waals surface area contributed by atoms with Crippen LogP contribution in [0.25, 0.3) is 0 Å². The Morgan fingerprint density at radius 1 is 1.30 bits per heavy atom. The van der Waals surface area contributed by atoms with E-state index in [0.29, 0.717) is 6.42 Å². The molecule has 110 valence electrons. The normalized spacial score (nSPS) is 23.9. The molecule has 0 radical (unpaired) electrons. The molecule has 0 amide bonds. The third-order valence-corrected chi connectivity index (χ3v) is 5.64. The lowest BCUT2D eigenvalue weighted by molar-refractivity contribution is -0.141. The molecule has 5 nitrogen and oxygen atoms in total. The molecule has 1 fully saturated rings. The van der Waals surface area contributed by atoms with Gasteiger partial charge >= 0.3 is 5.97 Å². The van der Waals surface area contributed by atoms with Crippen LogP contribution in [0.5, 0.6) is 0 Å². The first-order chi connectivity index (χ1) is 9.23. The van der Waals surface area contributed by atoms with Gasteiger partial charge in [0.25, 0.3) is 0 Å². The molecule has 1 heterocycles. The van der Waals surface area contributed by atoms with Gasteiger partial charge < -0.3 is 5.11 Å². The van der Waals surface area contributed by atoms with Crippen LogP contribution in [0.15, 0.2) is 23.1 Å². The number of hydrogen-bond donors (Lipinski definition) is 1. The fourth-order valence-electron chi connectivity index (χ4n) is 2.36. The van der Waals surface area contributed by atoms with Gasteiger partial charge in [-0.15, -0.1) is 0 Å². The first kappa shape index (κ1) is 15.6. The molecule has 1 aliphatic rings. The second-order valence-electron chi connectivity index (χ2n) is 4.77. The number of nitrogens with zero attached hydrogens (tertiary/aromatic N) is 1. The summed E-state index contributed by atoms with van der Waals surface area (Å²) in [5.74, 6) is -1.39. The number of rotatable bonds is 3. The Morgan fingerprint density at radius 3 is 2.35 bits per heavy atom. The molecule has 1 N–H and O–H groups in total. The van der Waals surface area contributed by atoms with Crippen molar-refractivity contribution >= 4 is 39.2 Å². The molecular weight excluding hydrogens is 325 g/mol. The highest BCUT2D eigenvalue weighted by molar-refractivity contribution is 7.89. The van der Waals surface area contributed by atoms with E-state index in [0.717, 1.165) is 4.31 Å². The number of hydrogen-bond acceptors (Lipinski definition) is 3. The second kappa shape index (κ2) is 5.52. The van der Waals surface area contributed by atoms with E-state index in [1.165, 1.54) is 18.2 Å². The van der Waals surface area contributed by atoms with E-state index >= 15 is 0 Å².